The van der Waals surface area contributed by atoms with Crippen molar-refractivity contribution in [2.24, 2.45) is 0 Å². The lowest BCUT2D eigenvalue weighted by molar-refractivity contribution is 0.101. The molecule has 0 aromatic carbocycles. The Labute approximate surface area is 95.1 Å². The molecular formula is C11H18N2OS. The molecule has 0 radical (unpaired) electrons. The van der Waals surface area contributed by atoms with E-state index in [1.54, 1.807) is 18.3 Å². The van der Waals surface area contributed by atoms with Gasteiger partial charge in [0.2, 0.25) is 0 Å². The van der Waals surface area contributed by atoms with E-state index < -0.39 is 0 Å². The third-order valence-electron chi connectivity index (χ3n) is 2.19. The fraction of sp³-hybridized carbons (Fsp3) is 0.636. The first kappa shape index (κ1) is 12.2. The van der Waals surface area contributed by atoms with Crippen molar-refractivity contribution in [3.63, 3.8) is 0 Å². The van der Waals surface area contributed by atoms with Crippen LogP contribution in [0.3, 0.4) is 0 Å². The van der Waals surface area contributed by atoms with E-state index in [9.17, 15) is 4.79 Å². The Morgan fingerprint density at radius 2 is 2.27 bits per heavy atom. The van der Waals surface area contributed by atoms with Crippen LogP contribution in [0.4, 0.5) is 5.13 Å². The smallest absolute Gasteiger partial charge is 0.186 e. The molecular weight excluding hydrogens is 208 g/mol. The first-order valence-electron chi connectivity index (χ1n) is 5.29. The fourth-order valence-corrected chi connectivity index (χ4v) is 2.40. The molecule has 0 aliphatic heterocycles. The molecule has 0 bridgehead atoms. The highest BCUT2D eigenvalue weighted by Crippen LogP contribution is 2.22. The molecule has 0 N–H and O–H groups in total. The molecule has 1 rings (SSSR count). The van der Waals surface area contributed by atoms with Crippen LogP contribution in [0.1, 0.15) is 44.6 Å². The third kappa shape index (κ3) is 3.02. The maximum atomic E-state index is 11.1. The van der Waals surface area contributed by atoms with Crippen LogP contribution in [0.25, 0.3) is 0 Å². The van der Waals surface area contributed by atoms with Crippen LogP contribution < -0.4 is 4.90 Å². The molecule has 0 saturated carbocycles. The van der Waals surface area contributed by atoms with Gasteiger partial charge in [-0.05, 0) is 20.3 Å². The van der Waals surface area contributed by atoms with Crippen molar-refractivity contribution in [1.29, 1.82) is 0 Å². The van der Waals surface area contributed by atoms with E-state index in [1.165, 1.54) is 0 Å². The van der Waals surface area contributed by atoms with Crippen LogP contribution in [-0.2, 0) is 0 Å². The maximum Gasteiger partial charge on any atom is 0.186 e. The van der Waals surface area contributed by atoms with Crippen LogP contribution in [0.2, 0.25) is 0 Å². The lowest BCUT2D eigenvalue weighted by atomic mass is 10.3. The summed E-state index contributed by atoms with van der Waals surface area (Å²) in [6.07, 6.45) is 1.09. The number of aromatic nitrogens is 1. The summed E-state index contributed by atoms with van der Waals surface area (Å²) < 4.78 is 0. The summed E-state index contributed by atoms with van der Waals surface area (Å²) in [7, 11) is 0. The molecule has 4 heteroatoms. The van der Waals surface area contributed by atoms with Gasteiger partial charge in [-0.25, -0.2) is 4.98 Å². The summed E-state index contributed by atoms with van der Waals surface area (Å²) in [6.45, 7) is 8.98. The largest absolute Gasteiger partial charge is 0.346 e. The molecule has 1 aromatic heterocycles. The van der Waals surface area contributed by atoms with E-state index in [0.29, 0.717) is 11.7 Å². The maximum absolute atomic E-state index is 11.1. The fourth-order valence-electron chi connectivity index (χ4n) is 1.37. The molecule has 3 nitrogen and oxygen atoms in total. The summed E-state index contributed by atoms with van der Waals surface area (Å²) in [5, 5.41) is 2.79. The Hall–Kier alpha value is -0.900. The number of anilines is 1. The SMILES string of the molecule is CCCN(c1nc(C(C)=O)cs1)C(C)C. The third-order valence-corrected chi connectivity index (χ3v) is 3.06. The second kappa shape index (κ2) is 5.26. The molecule has 0 fully saturated rings. The number of hydrogen-bond acceptors (Lipinski definition) is 4. The van der Waals surface area contributed by atoms with Gasteiger partial charge in [-0.15, -0.1) is 11.3 Å². The second-order valence-corrected chi connectivity index (χ2v) is 4.70. The highest BCUT2D eigenvalue weighted by Gasteiger charge is 2.14. The van der Waals surface area contributed by atoms with E-state index in [0.717, 1.165) is 18.1 Å². The Kier molecular flexibility index (Phi) is 4.27. The van der Waals surface area contributed by atoms with Gasteiger partial charge in [-0.2, -0.15) is 0 Å². The van der Waals surface area contributed by atoms with Gasteiger partial charge in [0.25, 0.3) is 0 Å². The zero-order chi connectivity index (χ0) is 11.4. The average molecular weight is 226 g/mol. The standard InChI is InChI=1S/C11H18N2OS/c1-5-6-13(8(2)3)11-12-10(7-15-11)9(4)14/h7-8H,5-6H2,1-4H3. The molecule has 0 unspecified atom stereocenters. The quantitative estimate of drug-likeness (QED) is 0.724. The number of nitrogens with zero attached hydrogens (tertiary/aromatic N) is 2. The topological polar surface area (TPSA) is 33.2 Å². The Balaban J connectivity index is 2.86. The van der Waals surface area contributed by atoms with E-state index in [2.05, 4.69) is 30.7 Å². The first-order chi connectivity index (χ1) is 7.06. The Morgan fingerprint density at radius 3 is 2.67 bits per heavy atom. The minimum atomic E-state index is 0.0395. The molecule has 0 spiro atoms. The first-order valence-corrected chi connectivity index (χ1v) is 6.17. The Bertz CT molecular complexity index is 333. The van der Waals surface area contributed by atoms with Gasteiger partial charge in [-0.3, -0.25) is 4.79 Å². The number of hydrogen-bond donors (Lipinski definition) is 0. The number of thiazole rings is 1. The monoisotopic (exact) mass is 226 g/mol. The van der Waals surface area contributed by atoms with E-state index in [4.69, 9.17) is 0 Å². The molecule has 1 aromatic rings. The summed E-state index contributed by atoms with van der Waals surface area (Å²) in [5.74, 6) is 0.0395. The molecule has 0 aliphatic carbocycles. The van der Waals surface area contributed by atoms with Crippen LogP contribution in [0.15, 0.2) is 5.38 Å². The van der Waals surface area contributed by atoms with Gasteiger partial charge in [0.15, 0.2) is 10.9 Å². The van der Waals surface area contributed by atoms with Crippen molar-refractivity contribution in [2.45, 2.75) is 40.2 Å². The molecule has 0 aliphatic rings. The van der Waals surface area contributed by atoms with Crippen LogP contribution >= 0.6 is 11.3 Å². The van der Waals surface area contributed by atoms with E-state index >= 15 is 0 Å². The Morgan fingerprint density at radius 1 is 1.60 bits per heavy atom. The predicted molar refractivity (Wildman–Crippen MR) is 64.9 cm³/mol. The molecule has 0 atom stereocenters. The van der Waals surface area contributed by atoms with Gasteiger partial charge in [0.1, 0.15) is 5.69 Å². The number of rotatable bonds is 5. The lowest BCUT2D eigenvalue weighted by Crippen LogP contribution is -2.31. The van der Waals surface area contributed by atoms with Crippen molar-refractivity contribution in [3.8, 4) is 0 Å². The van der Waals surface area contributed by atoms with E-state index in [1.807, 2.05) is 5.38 Å². The minimum absolute atomic E-state index is 0.0395. The number of Topliss-reactive ketones (excluding diaryl/α,β-unsaturated/α-hetero) is 1. The highest BCUT2D eigenvalue weighted by molar-refractivity contribution is 7.13. The van der Waals surface area contributed by atoms with Gasteiger partial charge < -0.3 is 4.90 Å². The minimum Gasteiger partial charge on any atom is -0.346 e. The van der Waals surface area contributed by atoms with Gasteiger partial charge in [0.05, 0.1) is 0 Å². The molecule has 0 saturated heterocycles. The van der Waals surface area contributed by atoms with Crippen LogP contribution in [0.5, 0.6) is 0 Å². The lowest BCUT2D eigenvalue weighted by Gasteiger charge is -2.25. The normalized spacial score (nSPS) is 10.7. The number of carbonyl (C=O) groups excluding carboxylic acids is 1. The van der Waals surface area contributed by atoms with Gasteiger partial charge in [-0.1, -0.05) is 6.92 Å². The van der Waals surface area contributed by atoms with Gasteiger partial charge in [0, 0.05) is 24.9 Å². The van der Waals surface area contributed by atoms with Crippen molar-refractivity contribution < 1.29 is 4.79 Å². The van der Waals surface area contributed by atoms with Crippen molar-refractivity contribution >= 4 is 22.3 Å². The van der Waals surface area contributed by atoms with Crippen molar-refractivity contribution in [2.75, 3.05) is 11.4 Å². The number of carbonyl (C=O) groups is 1. The van der Waals surface area contributed by atoms with Gasteiger partial charge >= 0.3 is 0 Å². The predicted octanol–water partition coefficient (Wildman–Crippen LogP) is 2.97. The van der Waals surface area contributed by atoms with Crippen molar-refractivity contribution in [3.05, 3.63) is 11.1 Å². The van der Waals surface area contributed by atoms with Crippen LogP contribution in [-0.4, -0.2) is 23.4 Å². The van der Waals surface area contributed by atoms with E-state index in [-0.39, 0.29) is 5.78 Å². The summed E-state index contributed by atoms with van der Waals surface area (Å²) in [5.41, 5.74) is 0.580. The number of ketones is 1. The average Bonchev–Trinajstić information content (AvgIpc) is 2.62. The van der Waals surface area contributed by atoms with Crippen molar-refractivity contribution in [1.82, 2.24) is 4.98 Å². The molecule has 15 heavy (non-hydrogen) atoms. The molecule has 0 amide bonds. The zero-order valence-electron chi connectivity index (χ0n) is 9.78. The summed E-state index contributed by atoms with van der Waals surface area (Å²) in [4.78, 5) is 17.7. The summed E-state index contributed by atoms with van der Waals surface area (Å²) in [6, 6.07) is 0.427. The second-order valence-electron chi connectivity index (χ2n) is 3.86. The highest BCUT2D eigenvalue weighted by atomic mass is 32.1. The zero-order valence-corrected chi connectivity index (χ0v) is 10.6. The molecule has 84 valence electrons. The summed E-state index contributed by atoms with van der Waals surface area (Å²) >= 11 is 1.55. The van der Waals surface area contributed by atoms with Crippen LogP contribution in [0, 0.1) is 0 Å². The molecule has 1 heterocycles.